The van der Waals surface area contributed by atoms with Gasteiger partial charge in [0.15, 0.2) is 0 Å². The van der Waals surface area contributed by atoms with Crippen molar-refractivity contribution in [1.82, 2.24) is 5.43 Å². The molecule has 23 heavy (non-hydrogen) atoms. The van der Waals surface area contributed by atoms with Crippen molar-refractivity contribution >= 4 is 50.7 Å². The van der Waals surface area contributed by atoms with E-state index in [2.05, 4.69) is 31.8 Å². The molecule has 5 nitrogen and oxygen atoms in total. The second-order valence-corrected chi connectivity index (χ2v) is 5.90. The van der Waals surface area contributed by atoms with Gasteiger partial charge in [0.05, 0.1) is 16.4 Å². The molecule has 0 aromatic heterocycles. The Labute approximate surface area is 146 Å². The molecule has 2 aromatic rings. The summed E-state index contributed by atoms with van der Waals surface area (Å²) < 4.78 is 0.942. The second kappa shape index (κ2) is 7.89. The fraction of sp³-hybridized carbons (Fsp3) is 0.0625. The van der Waals surface area contributed by atoms with E-state index in [0.717, 1.165) is 10.0 Å². The lowest BCUT2D eigenvalue weighted by Crippen LogP contribution is -2.33. The van der Waals surface area contributed by atoms with Crippen molar-refractivity contribution < 1.29 is 9.59 Å². The SMILES string of the molecule is C/C(=N/NC(=O)C(=O)Nc1ccccc1Cl)c1ccc(Br)cc1. The highest BCUT2D eigenvalue weighted by Crippen LogP contribution is 2.20. The van der Waals surface area contributed by atoms with Gasteiger partial charge in [0.1, 0.15) is 0 Å². The first-order chi connectivity index (χ1) is 11.0. The zero-order valence-corrected chi connectivity index (χ0v) is 14.5. The molecule has 0 fully saturated rings. The van der Waals surface area contributed by atoms with E-state index in [0.29, 0.717) is 16.4 Å². The Balaban J connectivity index is 1.98. The van der Waals surface area contributed by atoms with Crippen LogP contribution in [0.4, 0.5) is 5.69 Å². The molecule has 2 rings (SSSR count). The molecule has 0 aliphatic heterocycles. The number of amides is 2. The van der Waals surface area contributed by atoms with Gasteiger partial charge in [-0.15, -0.1) is 0 Å². The highest BCUT2D eigenvalue weighted by atomic mass is 79.9. The van der Waals surface area contributed by atoms with Gasteiger partial charge in [-0.1, -0.05) is 51.8 Å². The third-order valence-electron chi connectivity index (χ3n) is 2.92. The molecule has 0 unspecified atom stereocenters. The third kappa shape index (κ3) is 4.91. The predicted octanol–water partition coefficient (Wildman–Crippen LogP) is 3.58. The summed E-state index contributed by atoms with van der Waals surface area (Å²) in [6.45, 7) is 1.73. The van der Waals surface area contributed by atoms with Crippen LogP contribution in [0, 0.1) is 0 Å². The smallest absolute Gasteiger partial charge is 0.316 e. The Morgan fingerprint density at radius 1 is 1.04 bits per heavy atom. The van der Waals surface area contributed by atoms with Crippen LogP contribution in [0.15, 0.2) is 58.1 Å². The Kier molecular flexibility index (Phi) is 5.90. The molecule has 0 radical (unpaired) electrons. The Morgan fingerprint density at radius 2 is 1.70 bits per heavy atom. The number of para-hydroxylation sites is 1. The molecule has 0 aliphatic carbocycles. The quantitative estimate of drug-likeness (QED) is 0.474. The maximum absolute atomic E-state index is 11.8. The largest absolute Gasteiger partial charge is 0.329 e. The van der Waals surface area contributed by atoms with Crippen molar-refractivity contribution in [2.75, 3.05) is 5.32 Å². The summed E-state index contributed by atoms with van der Waals surface area (Å²) in [5.41, 5.74) is 3.99. The highest BCUT2D eigenvalue weighted by molar-refractivity contribution is 9.10. The maximum atomic E-state index is 11.8. The summed E-state index contributed by atoms with van der Waals surface area (Å²) in [4.78, 5) is 23.6. The summed E-state index contributed by atoms with van der Waals surface area (Å²) in [5.74, 6) is -1.72. The number of nitrogens with one attached hydrogen (secondary N) is 2. The molecule has 0 atom stereocenters. The number of hydrogen-bond acceptors (Lipinski definition) is 3. The van der Waals surface area contributed by atoms with E-state index in [9.17, 15) is 9.59 Å². The molecule has 0 saturated heterocycles. The molecule has 0 heterocycles. The molecule has 0 bridgehead atoms. The third-order valence-corrected chi connectivity index (χ3v) is 3.77. The van der Waals surface area contributed by atoms with Gasteiger partial charge in [-0.3, -0.25) is 9.59 Å². The molecule has 7 heteroatoms. The minimum absolute atomic E-state index is 0.350. The number of benzene rings is 2. The number of carbonyl (C=O) groups excluding carboxylic acids is 2. The second-order valence-electron chi connectivity index (χ2n) is 4.58. The van der Waals surface area contributed by atoms with Crippen LogP contribution in [0.5, 0.6) is 0 Å². The van der Waals surface area contributed by atoms with Crippen LogP contribution >= 0.6 is 27.5 Å². The number of halogens is 2. The lowest BCUT2D eigenvalue weighted by atomic mass is 10.1. The van der Waals surface area contributed by atoms with Crippen molar-refractivity contribution in [3.05, 3.63) is 63.6 Å². The predicted molar refractivity (Wildman–Crippen MR) is 94.6 cm³/mol. The topological polar surface area (TPSA) is 70.6 Å². The standard InChI is InChI=1S/C16H13BrClN3O2/c1-10(11-6-8-12(17)9-7-11)20-21-16(23)15(22)19-14-5-3-2-4-13(14)18/h2-9H,1H3,(H,19,22)(H,21,23)/b20-10-. The lowest BCUT2D eigenvalue weighted by molar-refractivity contribution is -0.136. The summed E-state index contributed by atoms with van der Waals surface area (Å²) in [6.07, 6.45) is 0. The molecule has 118 valence electrons. The van der Waals surface area contributed by atoms with E-state index >= 15 is 0 Å². The monoisotopic (exact) mass is 393 g/mol. The average Bonchev–Trinajstić information content (AvgIpc) is 2.55. The molecule has 0 spiro atoms. The summed E-state index contributed by atoms with van der Waals surface area (Å²) in [6, 6.07) is 14.1. The molecule has 0 saturated carbocycles. The minimum atomic E-state index is -0.874. The van der Waals surface area contributed by atoms with Gasteiger partial charge in [0.25, 0.3) is 0 Å². The van der Waals surface area contributed by atoms with Gasteiger partial charge in [-0.2, -0.15) is 5.10 Å². The molecular formula is C16H13BrClN3O2. The molecular weight excluding hydrogens is 382 g/mol. The Bertz CT molecular complexity index is 760. The van der Waals surface area contributed by atoms with Crippen LogP contribution in [-0.4, -0.2) is 17.5 Å². The molecule has 2 amide bonds. The first kappa shape index (κ1) is 17.2. The van der Waals surface area contributed by atoms with Crippen LogP contribution in [0.1, 0.15) is 12.5 Å². The fourth-order valence-corrected chi connectivity index (χ4v) is 2.13. The van der Waals surface area contributed by atoms with E-state index in [4.69, 9.17) is 11.6 Å². The van der Waals surface area contributed by atoms with Crippen LogP contribution < -0.4 is 10.7 Å². The zero-order chi connectivity index (χ0) is 16.8. The number of nitrogens with zero attached hydrogens (tertiary/aromatic N) is 1. The van der Waals surface area contributed by atoms with E-state index in [-0.39, 0.29) is 0 Å². The zero-order valence-electron chi connectivity index (χ0n) is 12.1. The van der Waals surface area contributed by atoms with Crippen molar-refractivity contribution in [1.29, 1.82) is 0 Å². The fourth-order valence-electron chi connectivity index (χ4n) is 1.68. The Morgan fingerprint density at radius 3 is 2.35 bits per heavy atom. The molecule has 2 aromatic carbocycles. The number of hydrazone groups is 1. The summed E-state index contributed by atoms with van der Waals surface area (Å²) >= 11 is 9.26. The van der Waals surface area contributed by atoms with Crippen LogP contribution in [0.3, 0.4) is 0 Å². The number of rotatable bonds is 3. The minimum Gasteiger partial charge on any atom is -0.316 e. The van der Waals surface area contributed by atoms with Gasteiger partial charge < -0.3 is 5.32 Å². The molecule has 0 aliphatic rings. The molecule has 2 N–H and O–H groups in total. The first-order valence-electron chi connectivity index (χ1n) is 6.63. The van der Waals surface area contributed by atoms with E-state index in [1.54, 1.807) is 31.2 Å². The average molecular weight is 395 g/mol. The van der Waals surface area contributed by atoms with Gasteiger partial charge in [-0.05, 0) is 36.8 Å². The van der Waals surface area contributed by atoms with Crippen LogP contribution in [0.25, 0.3) is 0 Å². The summed E-state index contributed by atoms with van der Waals surface area (Å²) in [5, 5.41) is 6.69. The van der Waals surface area contributed by atoms with Crippen molar-refractivity contribution in [3.8, 4) is 0 Å². The van der Waals surface area contributed by atoms with Gasteiger partial charge in [0.2, 0.25) is 0 Å². The van der Waals surface area contributed by atoms with Crippen molar-refractivity contribution in [2.24, 2.45) is 5.10 Å². The highest BCUT2D eigenvalue weighted by Gasteiger charge is 2.14. The number of carbonyl (C=O) groups is 2. The van der Waals surface area contributed by atoms with Gasteiger partial charge >= 0.3 is 11.8 Å². The normalized spacial score (nSPS) is 11.0. The van der Waals surface area contributed by atoms with E-state index in [1.807, 2.05) is 24.3 Å². The maximum Gasteiger partial charge on any atom is 0.329 e. The first-order valence-corrected chi connectivity index (χ1v) is 7.80. The van der Waals surface area contributed by atoms with Crippen molar-refractivity contribution in [3.63, 3.8) is 0 Å². The van der Waals surface area contributed by atoms with E-state index in [1.165, 1.54) is 0 Å². The van der Waals surface area contributed by atoms with Crippen LogP contribution in [0.2, 0.25) is 5.02 Å². The summed E-state index contributed by atoms with van der Waals surface area (Å²) in [7, 11) is 0. The van der Waals surface area contributed by atoms with Gasteiger partial charge in [-0.25, -0.2) is 5.43 Å². The van der Waals surface area contributed by atoms with Gasteiger partial charge in [0, 0.05) is 4.47 Å². The Hall–Kier alpha value is -2.18. The lowest BCUT2D eigenvalue weighted by Gasteiger charge is -2.06. The number of anilines is 1. The number of hydrogen-bond donors (Lipinski definition) is 2. The van der Waals surface area contributed by atoms with E-state index < -0.39 is 11.8 Å². The van der Waals surface area contributed by atoms with Crippen LogP contribution in [-0.2, 0) is 9.59 Å². The van der Waals surface area contributed by atoms with Crippen molar-refractivity contribution in [2.45, 2.75) is 6.92 Å².